The third-order valence-corrected chi connectivity index (χ3v) is 15.0. The van der Waals surface area contributed by atoms with Crippen LogP contribution >= 0.6 is 0 Å². The van der Waals surface area contributed by atoms with Crippen LogP contribution in [-0.4, -0.2) is 20.5 Å². The number of esters is 1. The number of ether oxygens (including phenoxy) is 1. The van der Waals surface area contributed by atoms with Crippen molar-refractivity contribution in [3.05, 3.63) is 76.7 Å². The molecule has 6 rings (SSSR count). The molecule has 4 aliphatic rings. The van der Waals surface area contributed by atoms with Gasteiger partial charge >= 0.3 is 5.97 Å². The van der Waals surface area contributed by atoms with Crippen molar-refractivity contribution in [1.29, 1.82) is 0 Å². The molecule has 244 valence electrons. The third-order valence-electron chi connectivity index (χ3n) is 13.0. The Labute approximate surface area is 272 Å². The zero-order valence-electron chi connectivity index (χ0n) is 28.1. The first-order chi connectivity index (χ1) is 21.5. The molecule has 45 heavy (non-hydrogen) atoms. The molecule has 8 atom stereocenters. The van der Waals surface area contributed by atoms with E-state index in [0.717, 1.165) is 48.5 Å². The van der Waals surface area contributed by atoms with Crippen LogP contribution in [-0.2, 0) is 14.6 Å². The minimum absolute atomic E-state index is 0.196. The second kappa shape index (κ2) is 12.7. The van der Waals surface area contributed by atoms with Crippen LogP contribution in [0.2, 0.25) is 0 Å². The third kappa shape index (κ3) is 5.85. The summed E-state index contributed by atoms with van der Waals surface area (Å²) in [4.78, 5) is 14.0. The van der Waals surface area contributed by atoms with Crippen LogP contribution in [0.3, 0.4) is 0 Å². The molecule has 0 spiro atoms. The van der Waals surface area contributed by atoms with Gasteiger partial charge in [-0.25, -0.2) is 13.2 Å². The summed E-state index contributed by atoms with van der Waals surface area (Å²) in [7, 11) is -3.85. The van der Waals surface area contributed by atoms with Crippen molar-refractivity contribution in [2.45, 2.75) is 116 Å². The van der Waals surface area contributed by atoms with E-state index in [-0.39, 0.29) is 5.41 Å². The summed E-state index contributed by atoms with van der Waals surface area (Å²) in [6.45, 7) is 12.2. The molecule has 0 saturated heterocycles. The summed E-state index contributed by atoms with van der Waals surface area (Å²) in [5.41, 5.74) is 1.69. The number of fused-ring (bicyclic) bond motifs is 5. The topological polar surface area (TPSA) is 60.4 Å². The number of hydrogen-bond acceptors (Lipinski definition) is 4. The van der Waals surface area contributed by atoms with Crippen LogP contribution in [0.4, 0.5) is 0 Å². The number of carbonyl (C=O) groups excluding carboxylic acids is 1. The summed E-state index contributed by atoms with van der Waals surface area (Å²) >= 11 is 0. The lowest BCUT2D eigenvalue weighted by atomic mass is 9.46. The molecule has 2 aromatic rings. The van der Waals surface area contributed by atoms with E-state index in [9.17, 15) is 13.2 Å². The Hall–Kier alpha value is -2.40. The molecule has 0 bridgehead atoms. The first kappa shape index (κ1) is 32.5. The zero-order valence-corrected chi connectivity index (χ0v) is 29.0. The number of benzene rings is 2. The molecule has 5 heteroatoms. The Bertz CT molecular complexity index is 1500. The molecule has 2 aromatic carbocycles. The van der Waals surface area contributed by atoms with E-state index in [4.69, 9.17) is 4.74 Å². The van der Waals surface area contributed by atoms with Gasteiger partial charge in [0.2, 0.25) is 9.84 Å². The van der Waals surface area contributed by atoms with Crippen LogP contribution < -0.4 is 0 Å². The molecule has 0 unspecified atom stereocenters. The summed E-state index contributed by atoms with van der Waals surface area (Å²) in [5.74, 6) is 3.71. The molecule has 0 aromatic heterocycles. The van der Waals surface area contributed by atoms with E-state index in [1.54, 1.807) is 36.4 Å². The average Bonchev–Trinajstić information content (AvgIpc) is 3.39. The normalized spacial score (nSPS) is 33.7. The highest BCUT2D eigenvalue weighted by Gasteiger charge is 2.61. The summed E-state index contributed by atoms with van der Waals surface area (Å²) in [6.07, 6.45) is 11.5. The van der Waals surface area contributed by atoms with Crippen molar-refractivity contribution >= 4 is 15.8 Å². The van der Waals surface area contributed by atoms with Gasteiger partial charge < -0.3 is 4.74 Å². The van der Waals surface area contributed by atoms with Crippen molar-refractivity contribution in [3.8, 4) is 0 Å². The SMILES string of the molecule is CC(C)CCC[C@@H](C)[C@H]1CC[C@H]2[C@@H]3CCC4=C(S(=O)(=O)c5ccccc5)[C@H](OC(=O)c5ccccc5)CC[C@]4(C)[C@H]3CC[C@]12C. The first-order valence-corrected chi connectivity index (χ1v) is 19.2. The van der Waals surface area contributed by atoms with Crippen molar-refractivity contribution < 1.29 is 17.9 Å². The van der Waals surface area contributed by atoms with E-state index in [0.29, 0.717) is 39.0 Å². The fraction of sp³-hybridized carbons (Fsp3) is 0.625. The molecule has 3 fully saturated rings. The lowest BCUT2D eigenvalue weighted by Gasteiger charge is -2.59. The van der Waals surface area contributed by atoms with Crippen molar-refractivity contribution in [2.24, 2.45) is 46.3 Å². The lowest BCUT2D eigenvalue weighted by molar-refractivity contribution is -0.0640. The molecule has 4 nitrogen and oxygen atoms in total. The molecule has 0 amide bonds. The minimum Gasteiger partial charge on any atom is -0.453 e. The maximum absolute atomic E-state index is 14.5. The molecule has 0 aliphatic heterocycles. The number of sulfone groups is 1. The smallest absolute Gasteiger partial charge is 0.338 e. The van der Waals surface area contributed by atoms with Gasteiger partial charge in [0.15, 0.2) is 0 Å². The maximum Gasteiger partial charge on any atom is 0.338 e. The Balaban J connectivity index is 1.32. The summed E-state index contributed by atoms with van der Waals surface area (Å²) < 4.78 is 35.1. The summed E-state index contributed by atoms with van der Waals surface area (Å²) in [6, 6.07) is 17.7. The quantitative estimate of drug-likeness (QED) is 0.259. The van der Waals surface area contributed by atoms with Crippen LogP contribution in [0.1, 0.15) is 116 Å². The lowest BCUT2D eigenvalue weighted by Crippen LogP contribution is -2.52. The van der Waals surface area contributed by atoms with Gasteiger partial charge in [-0.05, 0) is 128 Å². The van der Waals surface area contributed by atoms with Crippen molar-refractivity contribution in [3.63, 3.8) is 0 Å². The van der Waals surface area contributed by atoms with Gasteiger partial charge in [0, 0.05) is 0 Å². The molecular weight excluding hydrogens is 577 g/mol. The minimum atomic E-state index is -3.85. The van der Waals surface area contributed by atoms with Gasteiger partial charge in [0.1, 0.15) is 6.10 Å². The zero-order chi connectivity index (χ0) is 32.0. The van der Waals surface area contributed by atoms with Gasteiger partial charge in [-0.1, -0.05) is 90.3 Å². The second-order valence-electron chi connectivity index (χ2n) is 15.8. The van der Waals surface area contributed by atoms with Crippen molar-refractivity contribution in [1.82, 2.24) is 0 Å². The highest BCUT2D eigenvalue weighted by molar-refractivity contribution is 7.95. The van der Waals surface area contributed by atoms with Gasteiger partial charge in [0.25, 0.3) is 0 Å². The molecule has 0 N–H and O–H groups in total. The Kier molecular flexibility index (Phi) is 9.15. The van der Waals surface area contributed by atoms with Gasteiger partial charge in [-0.15, -0.1) is 0 Å². The van der Waals surface area contributed by atoms with Crippen LogP contribution in [0.25, 0.3) is 0 Å². The number of rotatable bonds is 9. The molecule has 0 heterocycles. The van der Waals surface area contributed by atoms with E-state index in [1.165, 1.54) is 44.9 Å². The standard InChI is InChI=1S/C40H54O4S/c1-27(2)13-12-14-28(3)32-21-22-33-31-19-20-35-37(45(42,43)30-17-10-7-11-18-30)36(44-38(41)29-15-8-6-9-16-29)24-26-40(35,5)34(31)23-25-39(32,33)4/h6-11,15-18,27-28,31-34,36H,12-14,19-26H2,1-5H3/t28-,31+,32-,33+,34+,36-,39-,40-/m1/s1. The van der Waals surface area contributed by atoms with Crippen LogP contribution in [0, 0.1) is 46.3 Å². The van der Waals surface area contributed by atoms with Gasteiger partial charge in [0.05, 0.1) is 15.4 Å². The van der Waals surface area contributed by atoms with E-state index in [1.807, 2.05) is 24.3 Å². The Morgan fingerprint density at radius 1 is 0.844 bits per heavy atom. The highest BCUT2D eigenvalue weighted by Crippen LogP contribution is 2.68. The average molecular weight is 631 g/mol. The van der Waals surface area contributed by atoms with Crippen molar-refractivity contribution in [2.75, 3.05) is 0 Å². The van der Waals surface area contributed by atoms with E-state index >= 15 is 0 Å². The van der Waals surface area contributed by atoms with Crippen LogP contribution in [0.5, 0.6) is 0 Å². The fourth-order valence-corrected chi connectivity index (χ4v) is 12.7. The maximum atomic E-state index is 14.5. The molecule has 4 aliphatic carbocycles. The predicted molar refractivity (Wildman–Crippen MR) is 181 cm³/mol. The van der Waals surface area contributed by atoms with E-state index < -0.39 is 21.9 Å². The largest absolute Gasteiger partial charge is 0.453 e. The van der Waals surface area contributed by atoms with Gasteiger partial charge in [-0.2, -0.15) is 0 Å². The predicted octanol–water partition coefficient (Wildman–Crippen LogP) is 10.1. The monoisotopic (exact) mass is 630 g/mol. The Morgan fingerprint density at radius 2 is 1.53 bits per heavy atom. The number of allylic oxidation sites excluding steroid dienone is 1. The summed E-state index contributed by atoms with van der Waals surface area (Å²) in [5, 5.41) is 0. The van der Waals surface area contributed by atoms with Gasteiger partial charge in [-0.3, -0.25) is 0 Å². The number of hydrogen-bond donors (Lipinski definition) is 0. The fourth-order valence-electron chi connectivity index (χ4n) is 10.8. The molecule has 0 radical (unpaired) electrons. The highest BCUT2D eigenvalue weighted by atomic mass is 32.2. The first-order valence-electron chi connectivity index (χ1n) is 17.8. The van der Waals surface area contributed by atoms with E-state index in [2.05, 4.69) is 34.6 Å². The molecular formula is C40H54O4S. The Morgan fingerprint density at radius 3 is 2.22 bits per heavy atom. The molecule has 3 saturated carbocycles. The van der Waals surface area contributed by atoms with Crippen LogP contribution in [0.15, 0.2) is 76.0 Å². The number of carbonyl (C=O) groups is 1. The second-order valence-corrected chi connectivity index (χ2v) is 17.7.